The molecule has 0 bridgehead atoms. The fraction of sp³-hybridized carbons (Fsp3) is 0.467. The van der Waals surface area contributed by atoms with E-state index in [4.69, 9.17) is 0 Å². The van der Waals surface area contributed by atoms with Crippen LogP contribution in [-0.2, 0) is 0 Å². The average molecular weight is 200 g/mol. The van der Waals surface area contributed by atoms with Gasteiger partial charge in [0.15, 0.2) is 0 Å². The predicted molar refractivity (Wildman–Crippen MR) is 66.8 cm³/mol. The van der Waals surface area contributed by atoms with E-state index in [1.807, 2.05) is 0 Å². The van der Waals surface area contributed by atoms with Gasteiger partial charge in [-0.2, -0.15) is 0 Å². The van der Waals surface area contributed by atoms with Gasteiger partial charge in [0.1, 0.15) is 0 Å². The van der Waals surface area contributed by atoms with Crippen molar-refractivity contribution in [3.63, 3.8) is 0 Å². The zero-order valence-electron chi connectivity index (χ0n) is 9.84. The van der Waals surface area contributed by atoms with E-state index < -0.39 is 0 Å². The van der Waals surface area contributed by atoms with Crippen molar-refractivity contribution in [1.29, 1.82) is 0 Å². The molecule has 0 aromatic heterocycles. The molecule has 2 aliphatic carbocycles. The Morgan fingerprint density at radius 2 is 2.07 bits per heavy atom. The number of allylic oxidation sites excluding steroid dienone is 8. The quantitative estimate of drug-likeness (QED) is 0.619. The monoisotopic (exact) mass is 200 g/mol. The maximum absolute atomic E-state index is 2.41. The van der Waals surface area contributed by atoms with Gasteiger partial charge in [0.25, 0.3) is 0 Å². The van der Waals surface area contributed by atoms with Crippen molar-refractivity contribution in [3.05, 3.63) is 46.6 Å². The van der Waals surface area contributed by atoms with Crippen LogP contribution < -0.4 is 0 Å². The molecule has 0 fully saturated rings. The van der Waals surface area contributed by atoms with Crippen molar-refractivity contribution in [2.75, 3.05) is 0 Å². The van der Waals surface area contributed by atoms with Gasteiger partial charge in [-0.25, -0.2) is 0 Å². The second kappa shape index (κ2) is 4.65. The van der Waals surface area contributed by atoms with Crippen molar-refractivity contribution in [1.82, 2.24) is 0 Å². The maximum atomic E-state index is 2.41. The third-order valence-electron chi connectivity index (χ3n) is 3.14. The first kappa shape index (κ1) is 10.5. The van der Waals surface area contributed by atoms with Gasteiger partial charge in [-0.3, -0.25) is 0 Å². The van der Waals surface area contributed by atoms with E-state index in [9.17, 15) is 0 Å². The van der Waals surface area contributed by atoms with Crippen molar-refractivity contribution >= 4 is 0 Å². The van der Waals surface area contributed by atoms with E-state index in [0.717, 1.165) is 6.42 Å². The fourth-order valence-electron chi connectivity index (χ4n) is 2.34. The van der Waals surface area contributed by atoms with Crippen LogP contribution in [0.25, 0.3) is 0 Å². The van der Waals surface area contributed by atoms with Crippen LogP contribution in [0.2, 0.25) is 0 Å². The van der Waals surface area contributed by atoms with Gasteiger partial charge < -0.3 is 0 Å². The van der Waals surface area contributed by atoms with Crippen molar-refractivity contribution in [2.24, 2.45) is 0 Å². The Balaban J connectivity index is 2.13. The minimum atomic E-state index is 1.15. The molecule has 0 heteroatoms. The van der Waals surface area contributed by atoms with Crippen molar-refractivity contribution in [3.8, 4) is 0 Å². The van der Waals surface area contributed by atoms with E-state index in [1.54, 1.807) is 5.57 Å². The molecule has 0 spiro atoms. The summed E-state index contributed by atoms with van der Waals surface area (Å²) >= 11 is 0. The van der Waals surface area contributed by atoms with Gasteiger partial charge in [0, 0.05) is 0 Å². The molecule has 0 amide bonds. The molecule has 0 aliphatic heterocycles. The molecule has 0 heterocycles. The standard InChI is InChI=1S/C15H20/c1-3-5-13-6-4-7-14(11-13)15-9-8-12(2)10-15/h6,9-11H,3-5,7-8H2,1-2H3. The number of hydrogen-bond donors (Lipinski definition) is 0. The Kier molecular flexibility index (Phi) is 3.25. The Morgan fingerprint density at radius 3 is 2.73 bits per heavy atom. The molecule has 2 rings (SSSR count). The van der Waals surface area contributed by atoms with Gasteiger partial charge in [0.2, 0.25) is 0 Å². The minimum Gasteiger partial charge on any atom is -0.0810 e. The molecule has 0 atom stereocenters. The van der Waals surface area contributed by atoms with Gasteiger partial charge >= 0.3 is 0 Å². The Bertz CT molecular complexity index is 361. The highest BCUT2D eigenvalue weighted by Crippen LogP contribution is 2.30. The summed E-state index contributed by atoms with van der Waals surface area (Å²) < 4.78 is 0. The van der Waals surface area contributed by atoms with Crippen LogP contribution in [-0.4, -0.2) is 0 Å². The zero-order valence-corrected chi connectivity index (χ0v) is 9.84. The third-order valence-corrected chi connectivity index (χ3v) is 3.14. The van der Waals surface area contributed by atoms with Crippen LogP contribution >= 0.6 is 0 Å². The first-order valence-corrected chi connectivity index (χ1v) is 6.07. The topological polar surface area (TPSA) is 0 Å². The molecule has 2 aliphatic rings. The molecule has 0 N–H and O–H groups in total. The Hall–Kier alpha value is -1.04. The second-order valence-corrected chi connectivity index (χ2v) is 4.59. The third kappa shape index (κ3) is 2.50. The largest absolute Gasteiger partial charge is 0.0810 e. The average Bonchev–Trinajstić information content (AvgIpc) is 2.66. The molecular formula is C15H20. The second-order valence-electron chi connectivity index (χ2n) is 4.59. The highest BCUT2D eigenvalue weighted by atomic mass is 14.2. The summed E-state index contributed by atoms with van der Waals surface area (Å²) in [5.74, 6) is 0. The van der Waals surface area contributed by atoms with Gasteiger partial charge in [-0.05, 0) is 43.8 Å². The summed E-state index contributed by atoms with van der Waals surface area (Å²) in [5.41, 5.74) is 6.07. The lowest BCUT2D eigenvalue weighted by Gasteiger charge is -2.13. The van der Waals surface area contributed by atoms with Crippen LogP contribution in [0.4, 0.5) is 0 Å². The van der Waals surface area contributed by atoms with Crippen LogP contribution in [0.3, 0.4) is 0 Å². The predicted octanol–water partition coefficient (Wildman–Crippen LogP) is 4.71. The summed E-state index contributed by atoms with van der Waals surface area (Å²) in [6, 6.07) is 0. The molecule has 0 radical (unpaired) electrons. The number of rotatable bonds is 3. The SMILES string of the molecule is CCCC1=CCCC(C2=CCC(C)=C2)=C1. The lowest BCUT2D eigenvalue weighted by Crippen LogP contribution is -1.94. The first-order valence-electron chi connectivity index (χ1n) is 6.07. The van der Waals surface area contributed by atoms with E-state index in [-0.39, 0.29) is 0 Å². The van der Waals surface area contributed by atoms with Crippen LogP contribution in [0.15, 0.2) is 46.6 Å². The van der Waals surface area contributed by atoms with E-state index in [0.29, 0.717) is 0 Å². The van der Waals surface area contributed by atoms with Crippen molar-refractivity contribution < 1.29 is 0 Å². The smallest absolute Gasteiger partial charge is 0.0129 e. The first-order chi connectivity index (χ1) is 7.29. The molecule has 0 saturated carbocycles. The van der Waals surface area contributed by atoms with Crippen LogP contribution in [0, 0.1) is 0 Å². The minimum absolute atomic E-state index is 1.15. The molecule has 0 unspecified atom stereocenters. The summed E-state index contributed by atoms with van der Waals surface area (Å²) in [7, 11) is 0. The molecule has 0 saturated heterocycles. The fourth-order valence-corrected chi connectivity index (χ4v) is 2.34. The lowest BCUT2D eigenvalue weighted by molar-refractivity contribution is 0.878. The van der Waals surface area contributed by atoms with E-state index in [1.165, 1.54) is 42.4 Å². The van der Waals surface area contributed by atoms with E-state index >= 15 is 0 Å². The van der Waals surface area contributed by atoms with Gasteiger partial charge in [0.05, 0.1) is 0 Å². The molecule has 0 nitrogen and oxygen atoms in total. The number of hydrogen-bond acceptors (Lipinski definition) is 0. The summed E-state index contributed by atoms with van der Waals surface area (Å²) in [4.78, 5) is 0. The summed E-state index contributed by atoms with van der Waals surface area (Å²) in [5, 5.41) is 0. The highest BCUT2D eigenvalue weighted by molar-refractivity contribution is 5.49. The van der Waals surface area contributed by atoms with Gasteiger partial charge in [-0.15, -0.1) is 0 Å². The summed E-state index contributed by atoms with van der Waals surface area (Å²) in [6.45, 7) is 4.47. The molecular weight excluding hydrogens is 180 g/mol. The maximum Gasteiger partial charge on any atom is -0.0129 e. The Labute approximate surface area is 93.1 Å². The Morgan fingerprint density at radius 1 is 1.20 bits per heavy atom. The van der Waals surface area contributed by atoms with Gasteiger partial charge in [-0.1, -0.05) is 48.8 Å². The zero-order chi connectivity index (χ0) is 10.7. The molecule has 15 heavy (non-hydrogen) atoms. The molecule has 0 aromatic rings. The van der Waals surface area contributed by atoms with E-state index in [2.05, 4.69) is 38.2 Å². The molecule has 0 aromatic carbocycles. The normalized spacial score (nSPS) is 20.7. The van der Waals surface area contributed by atoms with Crippen LogP contribution in [0.1, 0.15) is 46.0 Å². The van der Waals surface area contributed by atoms with Crippen molar-refractivity contribution in [2.45, 2.75) is 46.0 Å². The van der Waals surface area contributed by atoms with Crippen LogP contribution in [0.5, 0.6) is 0 Å². The summed E-state index contributed by atoms with van der Waals surface area (Å²) in [6.07, 6.45) is 15.6. The molecule has 80 valence electrons. The highest BCUT2D eigenvalue weighted by Gasteiger charge is 2.11. The lowest BCUT2D eigenvalue weighted by atomic mass is 9.92.